The molecule has 2 nitrogen and oxygen atoms in total. The highest BCUT2D eigenvalue weighted by Gasteiger charge is 2.06. The smallest absolute Gasteiger partial charge is 0.190 e. The summed E-state index contributed by atoms with van der Waals surface area (Å²) in [6.45, 7) is 7.95. The van der Waals surface area contributed by atoms with E-state index in [1.807, 2.05) is 38.2 Å². The van der Waals surface area contributed by atoms with Crippen molar-refractivity contribution in [3.8, 4) is 0 Å². The first-order valence-electron chi connectivity index (χ1n) is 6.53. The molecule has 0 unspecified atom stereocenters. The number of hydrogen-bond donors (Lipinski definition) is 0. The van der Waals surface area contributed by atoms with E-state index in [9.17, 15) is 4.79 Å². The average molecular weight is 285 g/mol. The maximum atomic E-state index is 12.1. The van der Waals surface area contributed by atoms with Crippen molar-refractivity contribution in [3.63, 3.8) is 0 Å². The third-order valence-corrected chi connectivity index (χ3v) is 4.34. The highest BCUT2D eigenvalue weighted by molar-refractivity contribution is 7.99. The van der Waals surface area contributed by atoms with Gasteiger partial charge in [0.05, 0.1) is 10.5 Å². The molecule has 20 heavy (non-hydrogen) atoms. The summed E-state index contributed by atoms with van der Waals surface area (Å²) in [7, 11) is 2.00. The van der Waals surface area contributed by atoms with Crippen LogP contribution in [0.25, 0.3) is 10.9 Å². The Kier molecular flexibility index (Phi) is 4.50. The summed E-state index contributed by atoms with van der Waals surface area (Å²) in [4.78, 5) is 12.1. The Bertz CT molecular complexity index is 740. The van der Waals surface area contributed by atoms with Gasteiger partial charge in [-0.05, 0) is 26.0 Å². The van der Waals surface area contributed by atoms with E-state index >= 15 is 0 Å². The third-order valence-electron chi connectivity index (χ3n) is 3.06. The van der Waals surface area contributed by atoms with E-state index in [4.69, 9.17) is 0 Å². The van der Waals surface area contributed by atoms with E-state index in [0.29, 0.717) is 0 Å². The Hall–Kier alpha value is -1.74. The van der Waals surface area contributed by atoms with E-state index in [-0.39, 0.29) is 5.43 Å². The van der Waals surface area contributed by atoms with Gasteiger partial charge in [0.15, 0.2) is 5.43 Å². The molecule has 1 aromatic carbocycles. The van der Waals surface area contributed by atoms with Crippen molar-refractivity contribution in [1.82, 2.24) is 4.57 Å². The van der Waals surface area contributed by atoms with Crippen molar-refractivity contribution in [2.75, 3.05) is 5.75 Å². The minimum atomic E-state index is 0.0859. The van der Waals surface area contributed by atoms with Crippen LogP contribution in [0.15, 0.2) is 64.0 Å². The van der Waals surface area contributed by atoms with Crippen LogP contribution >= 0.6 is 11.8 Å². The standard InChI is InChI=1S/C17H19NOS/c1-12(2)9-13(3)11-20-17-10-16(19)14-7-5-6-8-15(14)18(17)4/h5-10H,1,11H2,2-4H3. The summed E-state index contributed by atoms with van der Waals surface area (Å²) in [6.07, 6.45) is 2.08. The molecule has 0 N–H and O–H groups in total. The van der Waals surface area contributed by atoms with E-state index in [1.165, 1.54) is 5.57 Å². The van der Waals surface area contributed by atoms with Gasteiger partial charge in [-0.15, -0.1) is 11.8 Å². The van der Waals surface area contributed by atoms with Crippen LogP contribution in [0.1, 0.15) is 13.8 Å². The third kappa shape index (κ3) is 3.23. The van der Waals surface area contributed by atoms with Crippen LogP contribution in [0.4, 0.5) is 0 Å². The van der Waals surface area contributed by atoms with Crippen LogP contribution in [0, 0.1) is 0 Å². The number of fused-ring (bicyclic) bond motifs is 1. The molecular formula is C17H19NOS. The van der Waals surface area contributed by atoms with Gasteiger partial charge >= 0.3 is 0 Å². The molecule has 0 radical (unpaired) electrons. The summed E-state index contributed by atoms with van der Waals surface area (Å²) < 4.78 is 2.08. The number of pyridine rings is 1. The van der Waals surface area contributed by atoms with Crippen molar-refractivity contribution in [3.05, 3.63) is 64.4 Å². The molecule has 2 rings (SSSR count). The molecule has 1 aromatic heterocycles. The van der Waals surface area contributed by atoms with Gasteiger partial charge in [-0.1, -0.05) is 35.9 Å². The second-order valence-corrected chi connectivity index (χ2v) is 6.04. The fourth-order valence-electron chi connectivity index (χ4n) is 2.17. The van der Waals surface area contributed by atoms with Crippen LogP contribution in [0.3, 0.4) is 0 Å². The Balaban J connectivity index is 2.34. The monoisotopic (exact) mass is 285 g/mol. The molecule has 104 valence electrons. The molecule has 0 bridgehead atoms. The normalized spacial score (nSPS) is 11.8. The molecule has 2 aromatic rings. The Labute approximate surface area is 123 Å². The number of thioether (sulfide) groups is 1. The Morgan fingerprint density at radius 3 is 2.75 bits per heavy atom. The van der Waals surface area contributed by atoms with Gasteiger partial charge in [-0.2, -0.15) is 0 Å². The summed E-state index contributed by atoms with van der Waals surface area (Å²) in [5, 5.41) is 1.76. The van der Waals surface area contributed by atoms with Gasteiger partial charge < -0.3 is 4.57 Å². The summed E-state index contributed by atoms with van der Waals surface area (Å²) in [5.41, 5.74) is 3.37. The SMILES string of the molecule is C=C(C)C=C(C)CSc1cc(=O)c2ccccc2n1C. The zero-order valence-electron chi connectivity index (χ0n) is 12.1. The van der Waals surface area contributed by atoms with Crippen molar-refractivity contribution < 1.29 is 0 Å². The largest absolute Gasteiger partial charge is 0.339 e. The van der Waals surface area contributed by atoms with Crippen LogP contribution in [-0.2, 0) is 7.05 Å². The quantitative estimate of drug-likeness (QED) is 0.622. The second kappa shape index (κ2) is 6.14. The molecule has 0 saturated heterocycles. The number of para-hydroxylation sites is 1. The fourth-order valence-corrected chi connectivity index (χ4v) is 3.11. The predicted octanol–water partition coefficient (Wildman–Crippen LogP) is 4.15. The zero-order valence-corrected chi connectivity index (χ0v) is 13.0. The number of benzene rings is 1. The molecule has 3 heteroatoms. The number of allylic oxidation sites excluding steroid dienone is 2. The molecule has 0 aliphatic carbocycles. The predicted molar refractivity (Wildman–Crippen MR) is 88.5 cm³/mol. The van der Waals surface area contributed by atoms with E-state index in [2.05, 4.69) is 24.1 Å². The van der Waals surface area contributed by atoms with Crippen LogP contribution in [-0.4, -0.2) is 10.3 Å². The highest BCUT2D eigenvalue weighted by Crippen LogP contribution is 2.22. The Morgan fingerprint density at radius 2 is 2.05 bits per heavy atom. The Morgan fingerprint density at radius 1 is 1.35 bits per heavy atom. The summed E-state index contributed by atoms with van der Waals surface area (Å²) in [5.74, 6) is 0.860. The summed E-state index contributed by atoms with van der Waals surface area (Å²) in [6, 6.07) is 9.44. The van der Waals surface area contributed by atoms with Crippen molar-refractivity contribution in [1.29, 1.82) is 0 Å². The van der Waals surface area contributed by atoms with Gasteiger partial charge in [0.25, 0.3) is 0 Å². The first kappa shape index (κ1) is 14.7. The minimum Gasteiger partial charge on any atom is -0.339 e. The minimum absolute atomic E-state index is 0.0859. The lowest BCUT2D eigenvalue weighted by atomic mass is 10.2. The summed E-state index contributed by atoms with van der Waals surface area (Å²) >= 11 is 1.68. The first-order valence-corrected chi connectivity index (χ1v) is 7.52. The molecule has 0 atom stereocenters. The molecule has 0 aliphatic heterocycles. The second-order valence-electron chi connectivity index (χ2n) is 5.05. The molecule has 0 fully saturated rings. The lowest BCUT2D eigenvalue weighted by Crippen LogP contribution is -2.08. The molecular weight excluding hydrogens is 266 g/mol. The molecule has 0 amide bonds. The number of aromatic nitrogens is 1. The zero-order chi connectivity index (χ0) is 14.7. The molecule has 0 aliphatic rings. The number of rotatable bonds is 4. The molecule has 0 saturated carbocycles. The van der Waals surface area contributed by atoms with Gasteiger partial charge in [-0.25, -0.2) is 0 Å². The molecule has 1 heterocycles. The van der Waals surface area contributed by atoms with E-state index in [0.717, 1.165) is 27.3 Å². The maximum absolute atomic E-state index is 12.1. The van der Waals surface area contributed by atoms with Crippen molar-refractivity contribution in [2.24, 2.45) is 7.05 Å². The topological polar surface area (TPSA) is 22.0 Å². The number of nitrogens with zero attached hydrogens (tertiary/aromatic N) is 1. The first-order chi connectivity index (χ1) is 9.49. The van der Waals surface area contributed by atoms with E-state index in [1.54, 1.807) is 17.8 Å². The van der Waals surface area contributed by atoms with E-state index < -0.39 is 0 Å². The fraction of sp³-hybridized carbons (Fsp3) is 0.235. The van der Waals surface area contributed by atoms with Crippen molar-refractivity contribution >= 4 is 22.7 Å². The maximum Gasteiger partial charge on any atom is 0.190 e. The highest BCUT2D eigenvalue weighted by atomic mass is 32.2. The average Bonchev–Trinajstić information content (AvgIpc) is 2.40. The van der Waals surface area contributed by atoms with Gasteiger partial charge in [0.2, 0.25) is 0 Å². The van der Waals surface area contributed by atoms with Crippen LogP contribution < -0.4 is 5.43 Å². The van der Waals surface area contributed by atoms with Gasteiger partial charge in [0.1, 0.15) is 0 Å². The number of hydrogen-bond acceptors (Lipinski definition) is 2. The van der Waals surface area contributed by atoms with Crippen LogP contribution in [0.2, 0.25) is 0 Å². The lowest BCUT2D eigenvalue weighted by Gasteiger charge is -2.11. The van der Waals surface area contributed by atoms with Gasteiger partial charge in [0, 0.05) is 24.3 Å². The van der Waals surface area contributed by atoms with Crippen molar-refractivity contribution in [2.45, 2.75) is 18.9 Å². The van der Waals surface area contributed by atoms with Gasteiger partial charge in [-0.3, -0.25) is 4.79 Å². The van der Waals surface area contributed by atoms with Crippen LogP contribution in [0.5, 0.6) is 0 Å². The number of aryl methyl sites for hydroxylation is 1. The molecule has 0 spiro atoms. The lowest BCUT2D eigenvalue weighted by molar-refractivity contribution is 0.840.